The molecule has 9 nitrogen and oxygen atoms in total. The molecule has 0 fully saturated rings. The summed E-state index contributed by atoms with van der Waals surface area (Å²) in [6.45, 7) is 1.61. The number of nitrogen functional groups attached to an aromatic ring is 1. The van der Waals surface area contributed by atoms with E-state index in [-0.39, 0.29) is 23.6 Å². The van der Waals surface area contributed by atoms with Gasteiger partial charge in [0, 0.05) is 0 Å². The zero-order valence-electron chi connectivity index (χ0n) is 8.85. The molecule has 0 spiro atoms. The van der Waals surface area contributed by atoms with E-state index in [1.807, 2.05) is 0 Å². The van der Waals surface area contributed by atoms with Crippen molar-refractivity contribution in [1.29, 1.82) is 0 Å². The molecular weight excluding hydrogens is 249 g/mol. The van der Waals surface area contributed by atoms with Gasteiger partial charge in [-0.3, -0.25) is 9.42 Å². The number of phosphoric acid groups is 1. The maximum Gasteiger partial charge on any atom is 0.546 e. The summed E-state index contributed by atoms with van der Waals surface area (Å²) in [4.78, 5) is 20.7. The molecule has 0 saturated heterocycles. The van der Waals surface area contributed by atoms with Gasteiger partial charge in [0.1, 0.15) is 12.7 Å². The molecule has 10 heteroatoms. The van der Waals surface area contributed by atoms with Crippen LogP contribution in [0.1, 0.15) is 6.92 Å². The Morgan fingerprint density at radius 3 is 3.00 bits per heavy atom. The molecule has 17 heavy (non-hydrogen) atoms. The highest BCUT2D eigenvalue weighted by atomic mass is 31.2. The van der Waals surface area contributed by atoms with Gasteiger partial charge in [0.2, 0.25) is 5.65 Å². The van der Waals surface area contributed by atoms with Gasteiger partial charge in [0.15, 0.2) is 11.3 Å². The van der Waals surface area contributed by atoms with Crippen LogP contribution in [0.4, 0.5) is 5.82 Å². The molecular formula is C7H10N5O4P. The van der Waals surface area contributed by atoms with Crippen molar-refractivity contribution < 1.29 is 18.6 Å². The van der Waals surface area contributed by atoms with E-state index >= 15 is 0 Å². The first-order valence-electron chi connectivity index (χ1n) is 4.64. The lowest BCUT2D eigenvalue weighted by Crippen LogP contribution is -2.10. The summed E-state index contributed by atoms with van der Waals surface area (Å²) in [5.74, 6) is 0.154. The standard InChI is InChI=1S/C7H10N5O4P/c1-2-15-17(13,14)16-12-4-11-5-6(8)9-3-10-7(5)12/h3-4H,2H2,1H3,(H,13,14)(H2,8,9,10). The third-order valence-electron chi connectivity index (χ3n) is 1.82. The fourth-order valence-electron chi connectivity index (χ4n) is 1.19. The van der Waals surface area contributed by atoms with E-state index in [1.165, 1.54) is 6.33 Å². The number of nitrogens with zero attached hydrogens (tertiary/aromatic N) is 4. The van der Waals surface area contributed by atoms with Gasteiger partial charge >= 0.3 is 7.82 Å². The summed E-state index contributed by atoms with van der Waals surface area (Å²) in [5.41, 5.74) is 6.01. The summed E-state index contributed by atoms with van der Waals surface area (Å²) < 4.78 is 21.6. The van der Waals surface area contributed by atoms with Crippen LogP contribution in [0, 0.1) is 0 Å². The molecule has 0 aromatic carbocycles. The lowest BCUT2D eigenvalue weighted by atomic mass is 10.5. The largest absolute Gasteiger partial charge is 0.546 e. The number of hydrogen-bond donors (Lipinski definition) is 2. The van der Waals surface area contributed by atoms with Crippen molar-refractivity contribution in [3.05, 3.63) is 12.7 Å². The van der Waals surface area contributed by atoms with Gasteiger partial charge in [-0.2, -0.15) is 0 Å². The van der Waals surface area contributed by atoms with Crippen LogP contribution in [-0.2, 0) is 9.09 Å². The maximum atomic E-state index is 11.4. The molecule has 2 heterocycles. The third kappa shape index (κ3) is 2.36. The highest BCUT2D eigenvalue weighted by molar-refractivity contribution is 7.47. The van der Waals surface area contributed by atoms with Gasteiger partial charge in [-0.25, -0.2) is 19.5 Å². The van der Waals surface area contributed by atoms with Crippen molar-refractivity contribution in [2.24, 2.45) is 0 Å². The second-order valence-electron chi connectivity index (χ2n) is 2.97. The van der Waals surface area contributed by atoms with Crippen LogP contribution in [0.25, 0.3) is 11.2 Å². The van der Waals surface area contributed by atoms with E-state index in [9.17, 15) is 9.46 Å². The van der Waals surface area contributed by atoms with Crippen LogP contribution in [0.2, 0.25) is 0 Å². The van der Waals surface area contributed by atoms with Gasteiger partial charge in [-0.15, -0.1) is 4.73 Å². The highest BCUT2D eigenvalue weighted by Gasteiger charge is 2.24. The van der Waals surface area contributed by atoms with E-state index in [4.69, 9.17) is 10.4 Å². The average molecular weight is 259 g/mol. The van der Waals surface area contributed by atoms with Crippen LogP contribution in [0.3, 0.4) is 0 Å². The van der Waals surface area contributed by atoms with Gasteiger partial charge in [0.25, 0.3) is 0 Å². The van der Waals surface area contributed by atoms with E-state index in [1.54, 1.807) is 6.92 Å². The van der Waals surface area contributed by atoms with E-state index in [2.05, 4.69) is 19.5 Å². The number of hydrogen-bond acceptors (Lipinski definition) is 7. The Bertz CT molecular complexity index is 585. The Labute approximate surface area is 95.8 Å². The molecule has 0 aliphatic rings. The van der Waals surface area contributed by atoms with Crippen molar-refractivity contribution in [2.75, 3.05) is 12.3 Å². The molecule has 0 amide bonds. The van der Waals surface area contributed by atoms with E-state index in [0.29, 0.717) is 0 Å². The lowest BCUT2D eigenvalue weighted by molar-refractivity contribution is 0.146. The molecule has 2 aromatic heterocycles. The first-order chi connectivity index (χ1) is 8.03. The Balaban J connectivity index is 2.38. The van der Waals surface area contributed by atoms with Gasteiger partial charge in [-0.05, 0) is 6.92 Å². The molecule has 0 aliphatic heterocycles. The first kappa shape index (κ1) is 11.8. The number of fused-ring (bicyclic) bond motifs is 1. The van der Waals surface area contributed by atoms with Gasteiger partial charge in [0.05, 0.1) is 6.61 Å². The summed E-state index contributed by atoms with van der Waals surface area (Å²) in [6, 6.07) is 0. The van der Waals surface area contributed by atoms with Gasteiger partial charge in [-0.1, -0.05) is 0 Å². The number of rotatable bonds is 4. The molecule has 0 radical (unpaired) electrons. The maximum absolute atomic E-state index is 11.4. The number of phosphoric ester groups is 1. The fraction of sp³-hybridized carbons (Fsp3) is 0.286. The quantitative estimate of drug-likeness (QED) is 0.733. The predicted molar refractivity (Wildman–Crippen MR) is 57.8 cm³/mol. The minimum atomic E-state index is -4.18. The van der Waals surface area contributed by atoms with Gasteiger partial charge < -0.3 is 10.4 Å². The van der Waals surface area contributed by atoms with Crippen molar-refractivity contribution >= 4 is 24.8 Å². The zero-order valence-corrected chi connectivity index (χ0v) is 9.74. The molecule has 0 bridgehead atoms. The topological polar surface area (TPSA) is 125 Å². The third-order valence-corrected chi connectivity index (χ3v) is 2.78. The Morgan fingerprint density at radius 1 is 1.53 bits per heavy atom. The summed E-state index contributed by atoms with van der Waals surface area (Å²) in [5, 5.41) is 0. The minimum absolute atomic E-state index is 0.0392. The normalized spacial score (nSPS) is 14.7. The van der Waals surface area contributed by atoms with Crippen LogP contribution >= 0.6 is 7.82 Å². The molecule has 1 unspecified atom stereocenters. The summed E-state index contributed by atoms with van der Waals surface area (Å²) >= 11 is 0. The van der Waals surface area contributed by atoms with Crippen molar-refractivity contribution in [3.63, 3.8) is 0 Å². The van der Waals surface area contributed by atoms with Crippen LogP contribution < -0.4 is 10.4 Å². The van der Waals surface area contributed by atoms with Crippen LogP contribution in [0.5, 0.6) is 0 Å². The molecule has 2 aromatic rings. The zero-order chi connectivity index (χ0) is 12.5. The Kier molecular flexibility index (Phi) is 2.97. The van der Waals surface area contributed by atoms with Crippen molar-refractivity contribution in [1.82, 2.24) is 19.7 Å². The first-order valence-corrected chi connectivity index (χ1v) is 6.14. The number of imidazole rings is 1. The minimum Gasteiger partial charge on any atom is -0.382 e. The van der Waals surface area contributed by atoms with Crippen LogP contribution in [0.15, 0.2) is 12.7 Å². The lowest BCUT2D eigenvalue weighted by Gasteiger charge is -2.11. The predicted octanol–water partition coefficient (Wildman–Crippen LogP) is -0.0260. The van der Waals surface area contributed by atoms with Crippen molar-refractivity contribution in [2.45, 2.75) is 6.92 Å². The summed E-state index contributed by atoms with van der Waals surface area (Å²) in [7, 11) is -4.18. The van der Waals surface area contributed by atoms with Crippen LogP contribution in [-0.4, -0.2) is 31.2 Å². The highest BCUT2D eigenvalue weighted by Crippen LogP contribution is 2.39. The second-order valence-corrected chi connectivity index (χ2v) is 4.33. The molecule has 92 valence electrons. The number of aromatic nitrogens is 4. The SMILES string of the molecule is CCOP(=O)(O)On1cnc2c(N)ncnc21. The monoisotopic (exact) mass is 259 g/mol. The van der Waals surface area contributed by atoms with E-state index in [0.717, 1.165) is 11.1 Å². The Morgan fingerprint density at radius 2 is 2.29 bits per heavy atom. The fourth-order valence-corrected chi connectivity index (χ4v) is 1.91. The molecule has 1 atom stereocenters. The number of anilines is 1. The molecule has 2 rings (SSSR count). The molecule has 3 N–H and O–H groups in total. The summed E-state index contributed by atoms with van der Waals surface area (Å²) in [6.07, 6.45) is 2.36. The van der Waals surface area contributed by atoms with Crippen molar-refractivity contribution in [3.8, 4) is 0 Å². The number of nitrogens with two attached hydrogens (primary N) is 1. The second kappa shape index (κ2) is 4.28. The molecule has 0 saturated carbocycles. The molecule has 0 aliphatic carbocycles. The Hall–Kier alpha value is -1.70. The smallest absolute Gasteiger partial charge is 0.382 e. The van der Waals surface area contributed by atoms with E-state index < -0.39 is 7.82 Å². The average Bonchev–Trinajstić information content (AvgIpc) is 2.62.